The number of hydrogen-bond donors (Lipinski definition) is 1. The van der Waals surface area contributed by atoms with E-state index in [0.717, 1.165) is 28.1 Å². The van der Waals surface area contributed by atoms with Crippen LogP contribution in [0, 0.1) is 5.82 Å². The van der Waals surface area contributed by atoms with Crippen LogP contribution in [0.2, 0.25) is 5.02 Å². The zero-order valence-corrected chi connectivity index (χ0v) is 10.0. The summed E-state index contributed by atoms with van der Waals surface area (Å²) in [6.45, 7) is 0.562. The van der Waals surface area contributed by atoms with E-state index in [0.29, 0.717) is 6.54 Å². The van der Waals surface area contributed by atoms with E-state index in [-0.39, 0.29) is 5.82 Å². The molecule has 0 unspecified atom stereocenters. The summed E-state index contributed by atoms with van der Waals surface area (Å²) in [5.74, 6) is -0.232. The third kappa shape index (κ3) is 2.84. The van der Waals surface area contributed by atoms with Gasteiger partial charge in [-0.1, -0.05) is 29.8 Å². The number of benzene rings is 2. The predicted molar refractivity (Wildman–Crippen MR) is 69.6 cm³/mol. The van der Waals surface area contributed by atoms with E-state index in [1.165, 1.54) is 12.1 Å². The van der Waals surface area contributed by atoms with E-state index in [1.54, 1.807) is 12.1 Å². The Hall–Kier alpha value is -1.38. The molecule has 0 atom stereocenters. The van der Waals surface area contributed by atoms with Gasteiger partial charge in [0.05, 0.1) is 0 Å². The van der Waals surface area contributed by atoms with Gasteiger partial charge in [0, 0.05) is 5.02 Å². The molecule has 17 heavy (non-hydrogen) atoms. The minimum absolute atomic E-state index is 0.232. The molecule has 0 aliphatic heterocycles. The second-order valence-electron chi connectivity index (χ2n) is 3.85. The van der Waals surface area contributed by atoms with Crippen LogP contribution in [0.1, 0.15) is 5.56 Å². The van der Waals surface area contributed by atoms with Crippen molar-refractivity contribution in [1.29, 1.82) is 0 Å². The van der Waals surface area contributed by atoms with Gasteiger partial charge in [-0.05, 0) is 53.9 Å². The molecular formula is C14H13ClFN. The number of halogens is 2. The van der Waals surface area contributed by atoms with Gasteiger partial charge in [0.2, 0.25) is 0 Å². The fourth-order valence-electron chi connectivity index (χ4n) is 1.74. The molecule has 0 aliphatic rings. The maximum atomic E-state index is 12.8. The van der Waals surface area contributed by atoms with Crippen LogP contribution in [0.3, 0.4) is 0 Å². The maximum absolute atomic E-state index is 12.8. The zero-order valence-electron chi connectivity index (χ0n) is 9.29. The molecule has 88 valence electrons. The molecule has 2 aromatic carbocycles. The highest BCUT2D eigenvalue weighted by atomic mass is 35.5. The van der Waals surface area contributed by atoms with Crippen molar-refractivity contribution >= 4 is 11.6 Å². The average Bonchev–Trinajstić information content (AvgIpc) is 2.33. The Morgan fingerprint density at radius 1 is 1.00 bits per heavy atom. The van der Waals surface area contributed by atoms with Crippen LogP contribution < -0.4 is 5.73 Å². The predicted octanol–water partition coefficient (Wildman–Crippen LogP) is 3.65. The van der Waals surface area contributed by atoms with Crippen LogP contribution >= 0.6 is 11.6 Å². The lowest BCUT2D eigenvalue weighted by Crippen LogP contribution is -2.03. The van der Waals surface area contributed by atoms with E-state index in [1.807, 2.05) is 18.2 Å². The molecule has 0 saturated carbocycles. The van der Waals surface area contributed by atoms with Crippen LogP contribution in [-0.4, -0.2) is 6.54 Å². The molecule has 0 aromatic heterocycles. The standard InChI is InChI=1S/C14H13ClFN/c15-14-6-3-11(9-12(14)7-8-17)10-1-4-13(16)5-2-10/h1-6,9H,7-8,17H2. The first-order valence-corrected chi connectivity index (χ1v) is 5.83. The minimum Gasteiger partial charge on any atom is -0.330 e. The van der Waals surface area contributed by atoms with Crippen LogP contribution in [0.15, 0.2) is 42.5 Å². The van der Waals surface area contributed by atoms with E-state index in [2.05, 4.69) is 0 Å². The molecule has 0 aliphatic carbocycles. The topological polar surface area (TPSA) is 26.0 Å². The van der Waals surface area contributed by atoms with Crippen molar-refractivity contribution < 1.29 is 4.39 Å². The first-order chi connectivity index (χ1) is 8.20. The van der Waals surface area contributed by atoms with Crippen molar-refractivity contribution in [2.24, 2.45) is 5.73 Å². The highest BCUT2D eigenvalue weighted by Gasteiger charge is 2.03. The summed E-state index contributed by atoms with van der Waals surface area (Å²) in [5, 5.41) is 0.723. The number of hydrogen-bond acceptors (Lipinski definition) is 1. The third-order valence-electron chi connectivity index (χ3n) is 2.64. The smallest absolute Gasteiger partial charge is 0.123 e. The summed E-state index contributed by atoms with van der Waals surface area (Å²) in [6, 6.07) is 12.2. The summed E-state index contributed by atoms with van der Waals surface area (Å²) in [6.07, 6.45) is 0.744. The summed E-state index contributed by atoms with van der Waals surface area (Å²) in [7, 11) is 0. The monoisotopic (exact) mass is 249 g/mol. The van der Waals surface area contributed by atoms with Crippen molar-refractivity contribution in [2.45, 2.75) is 6.42 Å². The number of nitrogens with two attached hydrogens (primary N) is 1. The second-order valence-corrected chi connectivity index (χ2v) is 4.26. The van der Waals surface area contributed by atoms with Gasteiger partial charge in [-0.2, -0.15) is 0 Å². The largest absolute Gasteiger partial charge is 0.330 e. The van der Waals surface area contributed by atoms with Gasteiger partial charge >= 0.3 is 0 Å². The fraction of sp³-hybridized carbons (Fsp3) is 0.143. The highest BCUT2D eigenvalue weighted by Crippen LogP contribution is 2.25. The van der Waals surface area contributed by atoms with Crippen LogP contribution in [0.25, 0.3) is 11.1 Å². The first-order valence-electron chi connectivity index (χ1n) is 5.45. The van der Waals surface area contributed by atoms with Crippen molar-refractivity contribution in [3.8, 4) is 11.1 Å². The Morgan fingerprint density at radius 3 is 2.29 bits per heavy atom. The minimum atomic E-state index is -0.232. The van der Waals surface area contributed by atoms with Gasteiger partial charge in [-0.25, -0.2) is 4.39 Å². The molecule has 0 radical (unpaired) electrons. The molecule has 0 spiro atoms. The van der Waals surface area contributed by atoms with E-state index >= 15 is 0 Å². The Kier molecular flexibility index (Phi) is 3.77. The van der Waals surface area contributed by atoms with Gasteiger partial charge in [0.25, 0.3) is 0 Å². The van der Waals surface area contributed by atoms with E-state index < -0.39 is 0 Å². The Balaban J connectivity index is 2.39. The molecule has 2 aromatic rings. The van der Waals surface area contributed by atoms with Crippen LogP contribution in [0.4, 0.5) is 4.39 Å². The average molecular weight is 250 g/mol. The summed E-state index contributed by atoms with van der Waals surface area (Å²) < 4.78 is 12.8. The summed E-state index contributed by atoms with van der Waals surface area (Å²) in [5.41, 5.74) is 8.55. The van der Waals surface area contributed by atoms with Crippen molar-refractivity contribution in [3.63, 3.8) is 0 Å². The molecule has 3 heteroatoms. The lowest BCUT2D eigenvalue weighted by molar-refractivity contribution is 0.628. The van der Waals surface area contributed by atoms with Crippen molar-refractivity contribution in [1.82, 2.24) is 0 Å². The molecule has 0 fully saturated rings. The quantitative estimate of drug-likeness (QED) is 0.883. The van der Waals surface area contributed by atoms with Crippen molar-refractivity contribution in [3.05, 3.63) is 58.9 Å². The third-order valence-corrected chi connectivity index (χ3v) is 3.01. The lowest BCUT2D eigenvalue weighted by atomic mass is 10.0. The second kappa shape index (κ2) is 5.30. The van der Waals surface area contributed by atoms with Gasteiger partial charge in [-0.15, -0.1) is 0 Å². The lowest BCUT2D eigenvalue weighted by Gasteiger charge is -2.07. The maximum Gasteiger partial charge on any atom is 0.123 e. The molecule has 0 amide bonds. The zero-order chi connectivity index (χ0) is 12.3. The fourth-order valence-corrected chi connectivity index (χ4v) is 1.96. The highest BCUT2D eigenvalue weighted by molar-refractivity contribution is 6.31. The molecule has 0 saturated heterocycles. The Morgan fingerprint density at radius 2 is 1.65 bits per heavy atom. The Labute approximate surface area is 105 Å². The van der Waals surface area contributed by atoms with Crippen molar-refractivity contribution in [2.75, 3.05) is 6.54 Å². The number of rotatable bonds is 3. The van der Waals surface area contributed by atoms with Crippen LogP contribution in [0.5, 0.6) is 0 Å². The normalized spacial score (nSPS) is 10.5. The van der Waals surface area contributed by atoms with Crippen LogP contribution in [-0.2, 0) is 6.42 Å². The van der Waals surface area contributed by atoms with E-state index in [4.69, 9.17) is 17.3 Å². The van der Waals surface area contributed by atoms with Gasteiger partial charge in [0.15, 0.2) is 0 Å². The molecule has 1 nitrogen and oxygen atoms in total. The summed E-state index contributed by atoms with van der Waals surface area (Å²) in [4.78, 5) is 0. The molecule has 0 bridgehead atoms. The summed E-state index contributed by atoms with van der Waals surface area (Å²) >= 11 is 6.07. The Bertz CT molecular complexity index is 508. The van der Waals surface area contributed by atoms with Gasteiger partial charge in [-0.3, -0.25) is 0 Å². The van der Waals surface area contributed by atoms with E-state index in [9.17, 15) is 4.39 Å². The first kappa shape index (κ1) is 12.1. The molecule has 2 N–H and O–H groups in total. The van der Waals surface area contributed by atoms with Gasteiger partial charge < -0.3 is 5.73 Å². The molecule has 2 rings (SSSR count). The molecular weight excluding hydrogens is 237 g/mol. The molecule has 0 heterocycles. The SMILES string of the molecule is NCCc1cc(-c2ccc(F)cc2)ccc1Cl. The van der Waals surface area contributed by atoms with Gasteiger partial charge in [0.1, 0.15) is 5.82 Å².